The summed E-state index contributed by atoms with van der Waals surface area (Å²) in [5.74, 6) is 0. The Kier molecular flexibility index (Phi) is 2.24. The summed E-state index contributed by atoms with van der Waals surface area (Å²) in [6.07, 6.45) is 0.890. The molecule has 2 atom stereocenters. The van der Waals surface area contributed by atoms with Crippen molar-refractivity contribution in [2.24, 2.45) is 5.73 Å². The highest BCUT2D eigenvalue weighted by Crippen LogP contribution is 2.06. The lowest BCUT2D eigenvalue weighted by molar-refractivity contribution is -0.121. The van der Waals surface area contributed by atoms with E-state index in [0.717, 1.165) is 6.41 Å². The molecule has 58 valence electrons. The lowest BCUT2D eigenvalue weighted by Crippen LogP contribution is -2.48. The maximum absolute atomic E-state index is 10.2. The van der Waals surface area contributed by atoms with E-state index in [-0.39, 0.29) is 6.04 Å². The fraction of sp³-hybridized carbons (Fsp3) is 0.833. The molecule has 1 saturated heterocycles. The molecule has 0 bridgehead atoms. The van der Waals surface area contributed by atoms with Crippen molar-refractivity contribution in [1.82, 2.24) is 4.90 Å². The molecule has 0 aromatic rings. The van der Waals surface area contributed by atoms with Gasteiger partial charge in [0.15, 0.2) is 0 Å². The van der Waals surface area contributed by atoms with E-state index in [0.29, 0.717) is 19.5 Å². The number of hydrogen-bond acceptors (Lipinski definition) is 3. The Labute approximate surface area is 59.6 Å². The van der Waals surface area contributed by atoms with Crippen molar-refractivity contribution in [2.75, 3.05) is 13.1 Å². The van der Waals surface area contributed by atoms with Crippen LogP contribution in [0.4, 0.5) is 0 Å². The molecule has 3 N–H and O–H groups in total. The van der Waals surface area contributed by atoms with Crippen molar-refractivity contribution < 1.29 is 9.90 Å². The van der Waals surface area contributed by atoms with Crippen LogP contribution in [-0.2, 0) is 4.79 Å². The first-order valence-electron chi connectivity index (χ1n) is 3.35. The lowest BCUT2D eigenvalue weighted by atomic mass is 10.1. The summed E-state index contributed by atoms with van der Waals surface area (Å²) in [5.41, 5.74) is 5.53. The van der Waals surface area contributed by atoms with Gasteiger partial charge in [-0.3, -0.25) is 4.79 Å². The highest BCUT2D eigenvalue weighted by Gasteiger charge is 2.21. The number of β-amino-alcohol motifs (C(OH)–C–C–N with tert-alkyl or cyclic N) is 1. The number of aliphatic hydroxyl groups excluding tert-OH is 1. The third-order valence-corrected chi connectivity index (χ3v) is 1.64. The van der Waals surface area contributed by atoms with E-state index in [2.05, 4.69) is 0 Å². The van der Waals surface area contributed by atoms with Crippen LogP contribution in [0.3, 0.4) is 0 Å². The van der Waals surface area contributed by atoms with E-state index in [1.54, 1.807) is 0 Å². The number of piperidine rings is 1. The Bertz CT molecular complexity index is 119. The maximum Gasteiger partial charge on any atom is 0.209 e. The molecule has 0 spiro atoms. The quantitative estimate of drug-likeness (QED) is 0.442. The van der Waals surface area contributed by atoms with Crippen molar-refractivity contribution in [3.63, 3.8) is 0 Å². The molecule has 0 radical (unpaired) electrons. The van der Waals surface area contributed by atoms with Crippen molar-refractivity contribution >= 4 is 6.41 Å². The molecule has 0 aromatic carbocycles. The molecule has 4 nitrogen and oxygen atoms in total. The van der Waals surface area contributed by atoms with E-state index < -0.39 is 6.10 Å². The van der Waals surface area contributed by atoms with Crippen LogP contribution < -0.4 is 5.73 Å². The van der Waals surface area contributed by atoms with Gasteiger partial charge in [0.05, 0.1) is 6.10 Å². The van der Waals surface area contributed by atoms with Crippen LogP contribution in [0.2, 0.25) is 0 Å². The highest BCUT2D eigenvalue weighted by atomic mass is 16.3. The van der Waals surface area contributed by atoms with Crippen molar-refractivity contribution in [1.29, 1.82) is 0 Å². The number of amides is 1. The maximum atomic E-state index is 10.2. The first-order valence-corrected chi connectivity index (χ1v) is 3.35. The van der Waals surface area contributed by atoms with Gasteiger partial charge in [0.2, 0.25) is 6.41 Å². The van der Waals surface area contributed by atoms with Gasteiger partial charge >= 0.3 is 0 Å². The van der Waals surface area contributed by atoms with Gasteiger partial charge in [-0.2, -0.15) is 0 Å². The number of hydrogen-bond donors (Lipinski definition) is 2. The second-order valence-corrected chi connectivity index (χ2v) is 2.71. The summed E-state index contributed by atoms with van der Waals surface area (Å²) in [6, 6.07) is -0.0612. The Balaban J connectivity index is 2.42. The molecular formula is C6H12N2O2. The average Bonchev–Trinajstić information content (AvgIpc) is 1.85. The molecule has 1 heterocycles. The zero-order valence-corrected chi connectivity index (χ0v) is 5.73. The number of carbonyl (C=O) groups is 1. The van der Waals surface area contributed by atoms with Crippen LogP contribution >= 0.6 is 0 Å². The largest absolute Gasteiger partial charge is 0.391 e. The molecule has 0 unspecified atom stereocenters. The fourth-order valence-electron chi connectivity index (χ4n) is 1.23. The molecule has 4 heteroatoms. The molecule has 1 rings (SSSR count). The number of likely N-dealkylation sites (tertiary alicyclic amines) is 1. The average molecular weight is 144 g/mol. The normalized spacial score (nSPS) is 34.0. The summed E-state index contributed by atoms with van der Waals surface area (Å²) >= 11 is 0. The second-order valence-electron chi connectivity index (χ2n) is 2.71. The Morgan fingerprint density at radius 2 is 2.30 bits per heavy atom. The molecular weight excluding hydrogens is 132 g/mol. The molecule has 10 heavy (non-hydrogen) atoms. The van der Waals surface area contributed by atoms with Crippen LogP contribution in [0.25, 0.3) is 0 Å². The standard InChI is InChI=1S/C6H12N2O2/c7-5-1-6(10)3-8(2-5)4-9/h4-6,10H,1-3,7H2/t5-,6-/m1/s1. The summed E-state index contributed by atoms with van der Waals surface area (Å²) in [4.78, 5) is 11.7. The van der Waals surface area contributed by atoms with Crippen molar-refractivity contribution in [3.05, 3.63) is 0 Å². The summed E-state index contributed by atoms with van der Waals surface area (Å²) in [5, 5.41) is 9.10. The summed E-state index contributed by atoms with van der Waals surface area (Å²) in [6.45, 7) is 0.998. The van der Waals surface area contributed by atoms with E-state index in [1.165, 1.54) is 4.90 Å². The van der Waals surface area contributed by atoms with Gasteiger partial charge in [-0.05, 0) is 6.42 Å². The molecule has 1 fully saturated rings. The number of carbonyl (C=O) groups excluding carboxylic acids is 1. The number of nitrogens with zero attached hydrogens (tertiary/aromatic N) is 1. The monoisotopic (exact) mass is 144 g/mol. The van der Waals surface area contributed by atoms with Crippen LogP contribution in [0.5, 0.6) is 0 Å². The molecule has 1 amide bonds. The number of nitrogens with two attached hydrogens (primary N) is 1. The third kappa shape index (κ3) is 1.68. The minimum Gasteiger partial charge on any atom is -0.391 e. The van der Waals surface area contributed by atoms with Gasteiger partial charge < -0.3 is 15.7 Å². The lowest BCUT2D eigenvalue weighted by Gasteiger charge is -2.30. The van der Waals surface area contributed by atoms with Crippen LogP contribution in [0, 0.1) is 0 Å². The van der Waals surface area contributed by atoms with E-state index in [1.807, 2.05) is 0 Å². The fourth-order valence-corrected chi connectivity index (χ4v) is 1.23. The van der Waals surface area contributed by atoms with Gasteiger partial charge in [-0.15, -0.1) is 0 Å². The molecule has 1 aliphatic rings. The number of rotatable bonds is 1. The van der Waals surface area contributed by atoms with Gasteiger partial charge in [0.25, 0.3) is 0 Å². The molecule has 0 aliphatic carbocycles. The predicted octanol–water partition coefficient (Wildman–Crippen LogP) is -1.46. The first kappa shape index (κ1) is 7.50. The second kappa shape index (κ2) is 2.98. The summed E-state index contributed by atoms with van der Waals surface area (Å²) in [7, 11) is 0. The van der Waals surface area contributed by atoms with Crippen LogP contribution in [0.1, 0.15) is 6.42 Å². The van der Waals surface area contributed by atoms with Gasteiger partial charge in [-0.25, -0.2) is 0 Å². The van der Waals surface area contributed by atoms with Crippen LogP contribution in [-0.4, -0.2) is 41.7 Å². The summed E-state index contributed by atoms with van der Waals surface area (Å²) < 4.78 is 0. The molecule has 0 saturated carbocycles. The topological polar surface area (TPSA) is 66.6 Å². The van der Waals surface area contributed by atoms with E-state index in [4.69, 9.17) is 10.8 Å². The first-order chi connectivity index (χ1) is 4.72. The van der Waals surface area contributed by atoms with Crippen LogP contribution in [0.15, 0.2) is 0 Å². The van der Waals surface area contributed by atoms with Crippen molar-refractivity contribution in [3.8, 4) is 0 Å². The number of aliphatic hydroxyl groups is 1. The minimum absolute atomic E-state index is 0.0612. The molecule has 0 aromatic heterocycles. The zero-order chi connectivity index (χ0) is 7.56. The zero-order valence-electron chi connectivity index (χ0n) is 5.73. The smallest absolute Gasteiger partial charge is 0.209 e. The Morgan fingerprint density at radius 3 is 2.80 bits per heavy atom. The molecule has 1 aliphatic heterocycles. The predicted molar refractivity (Wildman–Crippen MR) is 36.2 cm³/mol. The highest BCUT2D eigenvalue weighted by molar-refractivity contribution is 5.47. The van der Waals surface area contributed by atoms with E-state index in [9.17, 15) is 4.79 Å². The minimum atomic E-state index is -0.436. The Morgan fingerprint density at radius 1 is 1.60 bits per heavy atom. The van der Waals surface area contributed by atoms with Gasteiger partial charge in [0, 0.05) is 19.1 Å². The van der Waals surface area contributed by atoms with E-state index >= 15 is 0 Å². The Hall–Kier alpha value is -0.610. The third-order valence-electron chi connectivity index (χ3n) is 1.64. The van der Waals surface area contributed by atoms with Gasteiger partial charge in [0.1, 0.15) is 0 Å². The van der Waals surface area contributed by atoms with Gasteiger partial charge in [-0.1, -0.05) is 0 Å². The van der Waals surface area contributed by atoms with Crippen molar-refractivity contribution in [2.45, 2.75) is 18.6 Å². The SMILES string of the molecule is N[C@@H]1C[C@@H](O)CN(C=O)C1.